The second-order valence-electron chi connectivity index (χ2n) is 7.26. The van der Waals surface area contributed by atoms with Gasteiger partial charge in [0, 0.05) is 6.42 Å². The molecule has 3 aliphatic rings. The summed E-state index contributed by atoms with van der Waals surface area (Å²) in [5, 5.41) is 9.68. The van der Waals surface area contributed by atoms with Crippen LogP contribution in [-0.4, -0.2) is 23.3 Å². The Hall–Kier alpha value is -1.09. The van der Waals surface area contributed by atoms with Gasteiger partial charge in [0.1, 0.15) is 6.10 Å². The third-order valence-corrected chi connectivity index (χ3v) is 5.61. The van der Waals surface area contributed by atoms with Gasteiger partial charge in [0.15, 0.2) is 0 Å². The number of allylic oxidation sites excluding steroid dienone is 4. The summed E-state index contributed by atoms with van der Waals surface area (Å²) >= 11 is 0. The predicted molar refractivity (Wildman–Crippen MR) is 86.2 cm³/mol. The number of cyclic esters (lactones) is 1. The molecule has 3 heteroatoms. The Morgan fingerprint density at radius 3 is 3.05 bits per heavy atom. The SMILES string of the molecule is C[C@H]1C=CC2=CCCC[C@@H]2[C@H]1CCC[C@@H]1C[C@@H](O)CC(=O)O1. The van der Waals surface area contributed by atoms with Crippen molar-refractivity contribution in [1.29, 1.82) is 0 Å². The van der Waals surface area contributed by atoms with E-state index >= 15 is 0 Å². The van der Waals surface area contributed by atoms with Crippen LogP contribution in [0.15, 0.2) is 23.8 Å². The van der Waals surface area contributed by atoms with E-state index in [2.05, 4.69) is 25.2 Å². The van der Waals surface area contributed by atoms with Crippen LogP contribution in [0, 0.1) is 17.8 Å². The molecule has 0 unspecified atom stereocenters. The topological polar surface area (TPSA) is 46.5 Å². The monoisotopic (exact) mass is 304 g/mol. The summed E-state index contributed by atoms with van der Waals surface area (Å²) in [6, 6.07) is 0. The molecule has 0 saturated carbocycles. The summed E-state index contributed by atoms with van der Waals surface area (Å²) in [5.41, 5.74) is 1.55. The molecule has 1 heterocycles. The van der Waals surface area contributed by atoms with E-state index in [1.165, 1.54) is 25.7 Å². The number of aliphatic hydroxyl groups excluding tert-OH is 1. The lowest BCUT2D eigenvalue weighted by molar-refractivity contribution is -0.160. The quantitative estimate of drug-likeness (QED) is 0.804. The number of hydrogen-bond donors (Lipinski definition) is 1. The van der Waals surface area contributed by atoms with Gasteiger partial charge in [0.25, 0.3) is 0 Å². The van der Waals surface area contributed by atoms with Crippen molar-refractivity contribution in [3.05, 3.63) is 23.8 Å². The van der Waals surface area contributed by atoms with E-state index in [1.807, 2.05) is 0 Å². The molecule has 1 aliphatic heterocycles. The normalized spacial score (nSPS) is 38.2. The minimum atomic E-state index is -0.504. The van der Waals surface area contributed by atoms with Gasteiger partial charge in [0.2, 0.25) is 0 Å². The number of hydrogen-bond acceptors (Lipinski definition) is 3. The second kappa shape index (κ2) is 6.99. The zero-order valence-corrected chi connectivity index (χ0v) is 13.5. The molecule has 2 aliphatic carbocycles. The minimum absolute atomic E-state index is 0.0768. The van der Waals surface area contributed by atoms with Gasteiger partial charge in [-0.25, -0.2) is 0 Å². The van der Waals surface area contributed by atoms with E-state index in [-0.39, 0.29) is 18.5 Å². The zero-order valence-electron chi connectivity index (χ0n) is 13.5. The summed E-state index contributed by atoms with van der Waals surface area (Å²) in [6.07, 6.45) is 14.3. The summed E-state index contributed by atoms with van der Waals surface area (Å²) in [6.45, 7) is 2.33. The fourth-order valence-electron chi connectivity index (χ4n) is 4.43. The maximum atomic E-state index is 11.4. The van der Waals surface area contributed by atoms with E-state index in [4.69, 9.17) is 4.74 Å². The standard InChI is InChI=1S/C19H28O3/c1-13-9-10-14-5-2-3-7-18(14)17(13)8-4-6-16-11-15(20)12-19(21)22-16/h5,9-10,13,15-18,20H,2-4,6-8,11-12H2,1H3/t13-,15+,16+,17-,18-/m0/s1. The molecule has 0 aromatic rings. The molecule has 3 rings (SSSR count). The highest BCUT2D eigenvalue weighted by molar-refractivity contribution is 5.70. The van der Waals surface area contributed by atoms with E-state index in [0.717, 1.165) is 24.7 Å². The van der Waals surface area contributed by atoms with Crippen molar-refractivity contribution in [2.24, 2.45) is 17.8 Å². The number of aliphatic hydroxyl groups is 1. The van der Waals surface area contributed by atoms with Gasteiger partial charge >= 0.3 is 5.97 Å². The fraction of sp³-hybridized carbons (Fsp3) is 0.737. The third-order valence-electron chi connectivity index (χ3n) is 5.61. The van der Waals surface area contributed by atoms with Crippen LogP contribution >= 0.6 is 0 Å². The Morgan fingerprint density at radius 2 is 2.23 bits per heavy atom. The first-order valence-electron chi connectivity index (χ1n) is 8.89. The fourth-order valence-corrected chi connectivity index (χ4v) is 4.43. The summed E-state index contributed by atoms with van der Waals surface area (Å²) < 4.78 is 5.36. The summed E-state index contributed by atoms with van der Waals surface area (Å²) in [7, 11) is 0. The first kappa shape index (κ1) is 15.8. The molecular formula is C19H28O3. The first-order valence-corrected chi connectivity index (χ1v) is 8.89. The zero-order chi connectivity index (χ0) is 15.5. The maximum absolute atomic E-state index is 11.4. The molecule has 0 radical (unpaired) electrons. The number of carbonyl (C=O) groups excluding carboxylic acids is 1. The average molecular weight is 304 g/mol. The Balaban J connectivity index is 1.52. The smallest absolute Gasteiger partial charge is 0.308 e. The van der Waals surface area contributed by atoms with Gasteiger partial charge in [-0.05, 0) is 61.9 Å². The van der Waals surface area contributed by atoms with Crippen LogP contribution in [0.2, 0.25) is 0 Å². The maximum Gasteiger partial charge on any atom is 0.308 e. The van der Waals surface area contributed by atoms with Crippen molar-refractivity contribution in [2.45, 2.75) is 70.5 Å². The molecule has 0 bridgehead atoms. The Bertz CT molecular complexity index is 465. The van der Waals surface area contributed by atoms with Crippen molar-refractivity contribution in [3.8, 4) is 0 Å². The van der Waals surface area contributed by atoms with Gasteiger partial charge < -0.3 is 9.84 Å². The van der Waals surface area contributed by atoms with E-state index < -0.39 is 6.10 Å². The van der Waals surface area contributed by atoms with Crippen LogP contribution in [0.25, 0.3) is 0 Å². The molecule has 1 fully saturated rings. The van der Waals surface area contributed by atoms with Crippen molar-refractivity contribution in [1.82, 2.24) is 0 Å². The van der Waals surface area contributed by atoms with Crippen molar-refractivity contribution < 1.29 is 14.6 Å². The molecule has 1 saturated heterocycles. The van der Waals surface area contributed by atoms with E-state index in [1.54, 1.807) is 5.57 Å². The summed E-state index contributed by atoms with van der Waals surface area (Å²) in [5.74, 6) is 1.85. The first-order chi connectivity index (χ1) is 10.6. The third kappa shape index (κ3) is 3.62. The molecule has 22 heavy (non-hydrogen) atoms. The predicted octanol–water partition coefficient (Wildman–Crippen LogP) is 3.77. The largest absolute Gasteiger partial charge is 0.462 e. The molecule has 0 spiro atoms. The van der Waals surface area contributed by atoms with Gasteiger partial charge in [-0.3, -0.25) is 4.79 Å². The van der Waals surface area contributed by atoms with Crippen LogP contribution in [0.4, 0.5) is 0 Å². The lowest BCUT2D eigenvalue weighted by Crippen LogP contribution is -2.33. The summed E-state index contributed by atoms with van der Waals surface area (Å²) in [4.78, 5) is 11.4. The Kier molecular flexibility index (Phi) is 5.02. The molecule has 0 aromatic carbocycles. The number of rotatable bonds is 4. The van der Waals surface area contributed by atoms with Crippen LogP contribution in [0.1, 0.15) is 58.3 Å². The van der Waals surface area contributed by atoms with Crippen molar-refractivity contribution in [3.63, 3.8) is 0 Å². The Morgan fingerprint density at radius 1 is 1.36 bits per heavy atom. The van der Waals surface area contributed by atoms with Gasteiger partial charge in [-0.1, -0.05) is 25.2 Å². The van der Waals surface area contributed by atoms with Crippen LogP contribution in [0.3, 0.4) is 0 Å². The number of ether oxygens (including phenoxy) is 1. The van der Waals surface area contributed by atoms with Crippen LogP contribution in [0.5, 0.6) is 0 Å². The van der Waals surface area contributed by atoms with Gasteiger partial charge in [0.05, 0.1) is 12.5 Å². The average Bonchev–Trinajstić information content (AvgIpc) is 2.48. The lowest BCUT2D eigenvalue weighted by atomic mass is 9.68. The number of fused-ring (bicyclic) bond motifs is 1. The van der Waals surface area contributed by atoms with E-state index in [0.29, 0.717) is 12.3 Å². The van der Waals surface area contributed by atoms with Crippen molar-refractivity contribution in [2.75, 3.05) is 0 Å². The highest BCUT2D eigenvalue weighted by Crippen LogP contribution is 2.42. The number of carbonyl (C=O) groups is 1. The van der Waals surface area contributed by atoms with E-state index in [9.17, 15) is 9.90 Å². The lowest BCUT2D eigenvalue weighted by Gasteiger charge is -2.37. The molecule has 1 N–H and O–H groups in total. The minimum Gasteiger partial charge on any atom is -0.462 e. The molecule has 0 aromatic heterocycles. The molecule has 0 amide bonds. The van der Waals surface area contributed by atoms with Crippen LogP contribution in [-0.2, 0) is 9.53 Å². The molecular weight excluding hydrogens is 276 g/mol. The van der Waals surface area contributed by atoms with Gasteiger partial charge in [-0.15, -0.1) is 0 Å². The van der Waals surface area contributed by atoms with Crippen LogP contribution < -0.4 is 0 Å². The van der Waals surface area contributed by atoms with Crippen molar-refractivity contribution >= 4 is 5.97 Å². The van der Waals surface area contributed by atoms with Gasteiger partial charge in [-0.2, -0.15) is 0 Å². The second-order valence-corrected chi connectivity index (χ2v) is 7.26. The highest BCUT2D eigenvalue weighted by Gasteiger charge is 2.32. The molecule has 5 atom stereocenters. The highest BCUT2D eigenvalue weighted by atomic mass is 16.5. The molecule has 3 nitrogen and oxygen atoms in total. The molecule has 122 valence electrons. The Labute approximate surface area is 133 Å². The number of esters is 1.